The number of hydrogen-bond acceptors (Lipinski definition) is 2. The first-order valence-electron chi connectivity index (χ1n) is 5.00. The number of alkyl halides is 2. The van der Waals surface area contributed by atoms with E-state index in [4.69, 9.17) is 23.2 Å². The summed E-state index contributed by atoms with van der Waals surface area (Å²) in [7, 11) is -4.13. The van der Waals surface area contributed by atoms with Gasteiger partial charge in [-0.1, -0.05) is 0 Å². The molecule has 3 nitrogen and oxygen atoms in total. The van der Waals surface area contributed by atoms with E-state index in [1.54, 1.807) is 0 Å². The topological polar surface area (TPSA) is 37.4 Å². The SMILES string of the molecule is O=S(=O)(c1cc(F)ccc1F)N(CCCl)CCCl. The maximum atomic E-state index is 13.5. The fourth-order valence-electron chi connectivity index (χ4n) is 1.35. The molecule has 0 fully saturated rings. The van der Waals surface area contributed by atoms with Gasteiger partial charge >= 0.3 is 0 Å². The van der Waals surface area contributed by atoms with E-state index in [2.05, 4.69) is 0 Å². The molecule has 0 unspecified atom stereocenters. The van der Waals surface area contributed by atoms with Crippen molar-refractivity contribution in [3.63, 3.8) is 0 Å². The van der Waals surface area contributed by atoms with Gasteiger partial charge in [0.1, 0.15) is 16.5 Å². The molecule has 0 saturated heterocycles. The second-order valence-electron chi connectivity index (χ2n) is 3.36. The third-order valence-corrected chi connectivity index (χ3v) is 4.43. The van der Waals surface area contributed by atoms with Crippen molar-refractivity contribution in [2.24, 2.45) is 0 Å². The Morgan fingerprint density at radius 2 is 1.67 bits per heavy atom. The standard InChI is InChI=1S/C10H11Cl2F2NO2S/c11-3-5-15(6-4-12)18(16,17)10-7-8(13)1-2-9(10)14/h1-2,7H,3-6H2. The second-order valence-corrected chi connectivity index (χ2v) is 6.02. The van der Waals surface area contributed by atoms with Gasteiger partial charge in [-0.3, -0.25) is 0 Å². The molecule has 0 aromatic heterocycles. The van der Waals surface area contributed by atoms with Crippen LogP contribution in [0.15, 0.2) is 23.1 Å². The number of hydrogen-bond donors (Lipinski definition) is 0. The number of nitrogens with zero attached hydrogens (tertiary/aromatic N) is 1. The molecule has 0 atom stereocenters. The fourth-order valence-corrected chi connectivity index (χ4v) is 3.48. The summed E-state index contributed by atoms with van der Waals surface area (Å²) in [5, 5.41) is 0. The number of benzene rings is 1. The smallest absolute Gasteiger partial charge is 0.207 e. The van der Waals surface area contributed by atoms with Crippen LogP contribution in [-0.2, 0) is 10.0 Å². The van der Waals surface area contributed by atoms with E-state index < -0.39 is 26.6 Å². The zero-order valence-corrected chi connectivity index (χ0v) is 11.6. The van der Waals surface area contributed by atoms with Gasteiger partial charge in [-0.15, -0.1) is 23.2 Å². The first-order chi connectivity index (χ1) is 8.43. The predicted octanol–water partition coefficient (Wildman–Crippen LogP) is 2.43. The van der Waals surface area contributed by atoms with Gasteiger partial charge in [-0.05, 0) is 18.2 Å². The highest BCUT2D eigenvalue weighted by atomic mass is 35.5. The van der Waals surface area contributed by atoms with Crippen LogP contribution in [0.1, 0.15) is 0 Å². The van der Waals surface area contributed by atoms with E-state index in [1.165, 1.54) is 0 Å². The van der Waals surface area contributed by atoms with Crippen molar-refractivity contribution >= 4 is 33.2 Å². The third-order valence-electron chi connectivity index (χ3n) is 2.18. The maximum Gasteiger partial charge on any atom is 0.246 e. The van der Waals surface area contributed by atoms with E-state index in [0.29, 0.717) is 6.07 Å². The van der Waals surface area contributed by atoms with Crippen LogP contribution in [0.5, 0.6) is 0 Å². The van der Waals surface area contributed by atoms with Crippen LogP contribution in [0.2, 0.25) is 0 Å². The molecule has 18 heavy (non-hydrogen) atoms. The Hall–Kier alpha value is -0.430. The molecule has 0 saturated carbocycles. The van der Waals surface area contributed by atoms with Crippen LogP contribution in [0.4, 0.5) is 8.78 Å². The van der Waals surface area contributed by atoms with Gasteiger partial charge in [-0.2, -0.15) is 4.31 Å². The summed E-state index contributed by atoms with van der Waals surface area (Å²) in [6.07, 6.45) is 0. The van der Waals surface area contributed by atoms with Gasteiger partial charge in [0.15, 0.2) is 0 Å². The minimum atomic E-state index is -4.13. The van der Waals surface area contributed by atoms with Gasteiger partial charge in [0, 0.05) is 24.8 Å². The summed E-state index contributed by atoms with van der Waals surface area (Å²) in [5.74, 6) is -1.77. The molecule has 1 aromatic rings. The van der Waals surface area contributed by atoms with Crippen molar-refractivity contribution in [2.75, 3.05) is 24.8 Å². The summed E-state index contributed by atoms with van der Waals surface area (Å²) in [4.78, 5) is -0.710. The Bertz CT molecular complexity index is 505. The molecule has 0 aliphatic heterocycles. The quantitative estimate of drug-likeness (QED) is 0.756. The predicted molar refractivity (Wildman–Crippen MR) is 66.6 cm³/mol. The zero-order valence-electron chi connectivity index (χ0n) is 9.24. The molecule has 0 spiro atoms. The van der Waals surface area contributed by atoms with Crippen molar-refractivity contribution < 1.29 is 17.2 Å². The van der Waals surface area contributed by atoms with Gasteiger partial charge in [0.2, 0.25) is 10.0 Å². The minimum absolute atomic E-state index is 0.0213. The molecule has 0 amide bonds. The fraction of sp³-hybridized carbons (Fsp3) is 0.400. The monoisotopic (exact) mass is 317 g/mol. The lowest BCUT2D eigenvalue weighted by atomic mass is 10.3. The number of sulfonamides is 1. The van der Waals surface area contributed by atoms with Crippen LogP contribution in [0.3, 0.4) is 0 Å². The molecule has 0 N–H and O–H groups in total. The Morgan fingerprint density at radius 1 is 1.11 bits per heavy atom. The summed E-state index contributed by atoms with van der Waals surface area (Å²) in [5.41, 5.74) is 0. The highest BCUT2D eigenvalue weighted by molar-refractivity contribution is 7.89. The molecule has 8 heteroatoms. The first kappa shape index (κ1) is 15.6. The molecule has 0 aliphatic rings. The van der Waals surface area contributed by atoms with Crippen molar-refractivity contribution in [3.05, 3.63) is 29.8 Å². The first-order valence-corrected chi connectivity index (χ1v) is 7.51. The molecular formula is C10H11Cl2F2NO2S. The minimum Gasteiger partial charge on any atom is -0.207 e. The Morgan fingerprint density at radius 3 is 2.17 bits per heavy atom. The second kappa shape index (κ2) is 6.65. The molecule has 1 rings (SSSR count). The molecule has 0 heterocycles. The lowest BCUT2D eigenvalue weighted by Gasteiger charge is -2.20. The molecule has 0 bridgehead atoms. The average molecular weight is 318 g/mol. The van der Waals surface area contributed by atoms with Crippen molar-refractivity contribution in [2.45, 2.75) is 4.90 Å². The molecule has 0 radical (unpaired) electrons. The Balaban J connectivity index is 3.21. The highest BCUT2D eigenvalue weighted by Crippen LogP contribution is 2.20. The number of halogens is 4. The van der Waals surface area contributed by atoms with E-state index in [9.17, 15) is 17.2 Å². The summed E-state index contributed by atoms with van der Waals surface area (Å²) in [6, 6.07) is 2.25. The summed E-state index contributed by atoms with van der Waals surface area (Å²) >= 11 is 11.0. The van der Waals surface area contributed by atoms with Crippen LogP contribution < -0.4 is 0 Å². The van der Waals surface area contributed by atoms with Crippen molar-refractivity contribution in [1.29, 1.82) is 0 Å². The van der Waals surface area contributed by atoms with Crippen LogP contribution in [0, 0.1) is 11.6 Å². The van der Waals surface area contributed by atoms with Gasteiger partial charge in [-0.25, -0.2) is 17.2 Å². The molecular weight excluding hydrogens is 307 g/mol. The Labute approximate surface area is 114 Å². The van der Waals surface area contributed by atoms with Crippen molar-refractivity contribution in [3.8, 4) is 0 Å². The lowest BCUT2D eigenvalue weighted by Crippen LogP contribution is -2.35. The lowest BCUT2D eigenvalue weighted by molar-refractivity contribution is 0.441. The van der Waals surface area contributed by atoms with E-state index in [-0.39, 0.29) is 24.8 Å². The molecule has 0 aliphatic carbocycles. The maximum absolute atomic E-state index is 13.5. The Kier molecular flexibility index (Phi) is 5.78. The normalized spacial score (nSPS) is 12.1. The molecule has 102 valence electrons. The number of rotatable bonds is 6. The van der Waals surface area contributed by atoms with Gasteiger partial charge < -0.3 is 0 Å². The third kappa shape index (κ3) is 3.54. The molecule has 1 aromatic carbocycles. The van der Waals surface area contributed by atoms with Gasteiger partial charge in [0.05, 0.1) is 0 Å². The zero-order chi connectivity index (χ0) is 13.8. The van der Waals surface area contributed by atoms with Crippen molar-refractivity contribution in [1.82, 2.24) is 4.31 Å². The highest BCUT2D eigenvalue weighted by Gasteiger charge is 2.27. The van der Waals surface area contributed by atoms with Crippen LogP contribution >= 0.6 is 23.2 Å². The van der Waals surface area contributed by atoms with Gasteiger partial charge in [0.25, 0.3) is 0 Å². The van der Waals surface area contributed by atoms with Crippen LogP contribution in [-0.4, -0.2) is 37.6 Å². The summed E-state index contributed by atoms with van der Waals surface area (Å²) < 4.78 is 51.6. The largest absolute Gasteiger partial charge is 0.246 e. The van der Waals surface area contributed by atoms with E-state index in [1.807, 2.05) is 0 Å². The van der Waals surface area contributed by atoms with Crippen LogP contribution in [0.25, 0.3) is 0 Å². The summed E-state index contributed by atoms with van der Waals surface area (Å²) in [6.45, 7) is -0.0425. The van der Waals surface area contributed by atoms with E-state index >= 15 is 0 Å². The average Bonchev–Trinajstić information content (AvgIpc) is 2.32. The van der Waals surface area contributed by atoms with E-state index in [0.717, 1.165) is 16.4 Å².